The van der Waals surface area contributed by atoms with Crippen LogP contribution in [0.15, 0.2) is 126 Å². The minimum Gasteiger partial charge on any atom is -0.456 e. The molecule has 4 heteroatoms. The number of para-hydroxylation sites is 1. The molecular weight excluding hydrogens is 703 g/mol. The molecule has 7 aromatic rings. The summed E-state index contributed by atoms with van der Waals surface area (Å²) in [5, 5.41) is 2.11. The van der Waals surface area contributed by atoms with Crippen molar-refractivity contribution in [3.05, 3.63) is 132 Å². The number of hydrogen-bond donors (Lipinski definition) is 0. The molecule has 3 atom stereocenters. The molecule has 2 fully saturated rings. The van der Waals surface area contributed by atoms with Gasteiger partial charge < -0.3 is 14.2 Å². The molecule has 0 spiro atoms. The molecule has 6 aromatic carbocycles. The highest BCUT2D eigenvalue weighted by atomic mass is 16.3. The summed E-state index contributed by atoms with van der Waals surface area (Å²) in [5.41, 5.74) is 13.8. The van der Waals surface area contributed by atoms with Crippen LogP contribution < -0.4 is 26.2 Å². The Morgan fingerprint density at radius 3 is 2.00 bits per heavy atom. The van der Waals surface area contributed by atoms with E-state index in [4.69, 9.17) is 8.53 Å². The van der Waals surface area contributed by atoms with Gasteiger partial charge in [-0.05, 0) is 128 Å². The highest BCUT2D eigenvalue weighted by molar-refractivity contribution is 7.00. The Hall–Kier alpha value is -5.22. The second kappa shape index (κ2) is 11.9. The normalized spacial score (nSPS) is 23.0. The molecule has 0 radical (unpaired) electrons. The maximum absolute atomic E-state index is 9.31. The predicted octanol–water partition coefficient (Wildman–Crippen LogP) is 12.8. The predicted molar refractivity (Wildman–Crippen MR) is 247 cm³/mol. The second-order valence-electron chi connectivity index (χ2n) is 20.5. The standard InChI is InChI=1S/C54H55BN2O/c1-51(2,3)35-19-23-43-41(29-35)55-42-30-36(52(4,5)6)20-24-44(42)57(49-31-37-25-26-54(49,9)53(37,7)8)46-28-34(33-15-11-10-12-16-33)27-45(50(46)55)56(43)38-21-22-40-39-17-13-14-18-47(39)58-48(40)32-38/h10-24,27-30,32,37,49H,25-26,31H2,1-9H3/i10D,11D,12D,15D,16D. The van der Waals surface area contributed by atoms with E-state index in [1.807, 2.05) is 18.2 Å². The summed E-state index contributed by atoms with van der Waals surface area (Å²) in [6, 6.07) is 31.8. The van der Waals surface area contributed by atoms with E-state index in [1.165, 1.54) is 39.6 Å². The Kier molecular flexibility index (Phi) is 6.34. The van der Waals surface area contributed by atoms with Crippen LogP contribution in [0.5, 0.6) is 0 Å². The summed E-state index contributed by atoms with van der Waals surface area (Å²) in [6.07, 6.45) is 3.41. The minimum atomic E-state index is -0.389. The molecule has 3 unspecified atom stereocenters. The Balaban J connectivity index is 1.29. The fourth-order valence-corrected chi connectivity index (χ4v) is 11.5. The minimum absolute atomic E-state index is 0.00207. The lowest BCUT2D eigenvalue weighted by molar-refractivity contribution is 0.136. The van der Waals surface area contributed by atoms with E-state index in [1.54, 1.807) is 0 Å². The first kappa shape index (κ1) is 30.8. The number of hydrogen-bond acceptors (Lipinski definition) is 3. The topological polar surface area (TPSA) is 19.6 Å². The van der Waals surface area contributed by atoms with Crippen molar-refractivity contribution < 1.29 is 11.3 Å². The van der Waals surface area contributed by atoms with Gasteiger partial charge in [0.2, 0.25) is 0 Å². The van der Waals surface area contributed by atoms with Crippen molar-refractivity contribution in [2.45, 2.75) is 98.4 Å². The summed E-state index contributed by atoms with van der Waals surface area (Å²) >= 11 is 0. The van der Waals surface area contributed by atoms with Crippen LogP contribution in [-0.2, 0) is 10.8 Å². The van der Waals surface area contributed by atoms with Gasteiger partial charge in [0.15, 0.2) is 0 Å². The average Bonchev–Trinajstić information content (AvgIpc) is 3.79. The third-order valence-corrected chi connectivity index (χ3v) is 15.3. The SMILES string of the molecule is [2H]c1c([2H])c([2H])c(-c2cc3c4c(c2)N(C2CC5CCC2(C)C5(C)C)c2ccc(C(C)(C)C)cc2B4c2cc(C(C)(C)C)ccc2N3c2ccc3c(c2)oc2ccccc23)c([2H])c1[2H]. The maximum Gasteiger partial charge on any atom is 0.252 e. The highest BCUT2D eigenvalue weighted by Gasteiger charge is 2.64. The van der Waals surface area contributed by atoms with Gasteiger partial charge in [0.1, 0.15) is 11.2 Å². The first-order valence-electron chi connectivity index (χ1n) is 23.8. The van der Waals surface area contributed by atoms with Gasteiger partial charge >= 0.3 is 0 Å². The largest absolute Gasteiger partial charge is 0.456 e. The van der Waals surface area contributed by atoms with Crippen molar-refractivity contribution >= 4 is 73.5 Å². The molecule has 3 nitrogen and oxygen atoms in total. The van der Waals surface area contributed by atoms with Gasteiger partial charge in [0.25, 0.3) is 6.71 Å². The molecule has 11 rings (SSSR count). The van der Waals surface area contributed by atoms with E-state index >= 15 is 0 Å². The third kappa shape index (κ3) is 4.93. The molecule has 0 saturated heterocycles. The summed E-state index contributed by atoms with van der Waals surface area (Å²) < 4.78 is 51.3. The smallest absolute Gasteiger partial charge is 0.252 e. The molecule has 2 bridgehead atoms. The third-order valence-electron chi connectivity index (χ3n) is 15.3. The first-order chi connectivity index (χ1) is 29.7. The molecule has 3 heterocycles. The van der Waals surface area contributed by atoms with E-state index in [0.29, 0.717) is 11.5 Å². The van der Waals surface area contributed by atoms with Gasteiger partial charge in [0.05, 0.1) is 6.85 Å². The first-order valence-corrected chi connectivity index (χ1v) is 21.3. The van der Waals surface area contributed by atoms with Gasteiger partial charge in [-0.2, -0.15) is 0 Å². The van der Waals surface area contributed by atoms with Crippen LogP contribution in [0.1, 0.15) is 99.6 Å². The fraction of sp³-hybridized carbons (Fsp3) is 0.333. The molecule has 2 saturated carbocycles. The Morgan fingerprint density at radius 1 is 0.672 bits per heavy atom. The Labute approximate surface area is 352 Å². The van der Waals surface area contributed by atoms with Crippen LogP contribution in [-0.4, -0.2) is 12.8 Å². The van der Waals surface area contributed by atoms with Crippen LogP contribution in [0.3, 0.4) is 0 Å². The van der Waals surface area contributed by atoms with Crippen molar-refractivity contribution in [3.8, 4) is 11.1 Å². The number of furan rings is 1. The molecule has 4 aliphatic rings. The zero-order valence-electron chi connectivity index (χ0n) is 40.3. The van der Waals surface area contributed by atoms with Crippen LogP contribution in [0.25, 0.3) is 33.1 Å². The lowest BCUT2D eigenvalue weighted by Crippen LogP contribution is -2.64. The van der Waals surface area contributed by atoms with Gasteiger partial charge in [-0.25, -0.2) is 0 Å². The van der Waals surface area contributed by atoms with Crippen LogP contribution in [0, 0.1) is 16.7 Å². The fourth-order valence-electron chi connectivity index (χ4n) is 11.5. The summed E-state index contributed by atoms with van der Waals surface area (Å²) in [7, 11) is 0. The van der Waals surface area contributed by atoms with E-state index in [9.17, 15) is 2.74 Å². The molecular formula is C54H55BN2O. The van der Waals surface area contributed by atoms with Crippen LogP contribution >= 0.6 is 0 Å². The molecule has 0 N–H and O–H groups in total. The van der Waals surface area contributed by atoms with Crippen LogP contribution in [0.4, 0.5) is 28.4 Å². The van der Waals surface area contributed by atoms with Crippen molar-refractivity contribution in [2.75, 3.05) is 9.80 Å². The number of benzene rings is 6. The van der Waals surface area contributed by atoms with Crippen molar-refractivity contribution in [2.24, 2.45) is 16.7 Å². The van der Waals surface area contributed by atoms with Crippen molar-refractivity contribution in [1.29, 1.82) is 0 Å². The lowest BCUT2D eigenvalue weighted by Gasteiger charge is -2.51. The Bertz CT molecular complexity index is 3090. The van der Waals surface area contributed by atoms with E-state index < -0.39 is 0 Å². The molecule has 2 aliphatic carbocycles. The summed E-state index contributed by atoms with van der Waals surface area (Å²) in [4.78, 5) is 5.00. The Morgan fingerprint density at radius 2 is 1.33 bits per heavy atom. The van der Waals surface area contributed by atoms with Gasteiger partial charge in [-0.15, -0.1) is 0 Å². The van der Waals surface area contributed by atoms with E-state index in [0.717, 1.165) is 57.5 Å². The second-order valence-corrected chi connectivity index (χ2v) is 20.5. The molecule has 290 valence electrons. The van der Waals surface area contributed by atoms with E-state index in [-0.39, 0.29) is 70.2 Å². The molecule has 1 aromatic heterocycles. The molecule has 2 aliphatic heterocycles. The van der Waals surface area contributed by atoms with Gasteiger partial charge in [-0.3, -0.25) is 0 Å². The van der Waals surface area contributed by atoms with Crippen LogP contribution in [0.2, 0.25) is 0 Å². The molecule has 58 heavy (non-hydrogen) atoms. The van der Waals surface area contributed by atoms with E-state index in [2.05, 4.69) is 145 Å². The number of nitrogens with zero attached hydrogens (tertiary/aromatic N) is 2. The van der Waals surface area contributed by atoms with Crippen molar-refractivity contribution in [1.82, 2.24) is 0 Å². The quantitative estimate of drug-likeness (QED) is 0.167. The maximum atomic E-state index is 9.31. The summed E-state index contributed by atoms with van der Waals surface area (Å²) in [6.45, 7) is 21.0. The number of anilines is 5. The van der Waals surface area contributed by atoms with Crippen molar-refractivity contribution in [3.63, 3.8) is 0 Å². The number of fused-ring (bicyclic) bond motifs is 9. The highest BCUT2D eigenvalue weighted by Crippen LogP contribution is 2.68. The van der Waals surface area contributed by atoms with Gasteiger partial charge in [-0.1, -0.05) is 135 Å². The summed E-state index contributed by atoms with van der Waals surface area (Å²) in [5.74, 6) is 0.574. The van der Waals surface area contributed by atoms with Gasteiger partial charge in [0, 0.05) is 51.3 Å². The average molecular weight is 764 g/mol. The monoisotopic (exact) mass is 763 g/mol. The number of rotatable bonds is 3. The zero-order valence-corrected chi connectivity index (χ0v) is 35.3. The zero-order chi connectivity index (χ0) is 44.4. The lowest BCUT2D eigenvalue weighted by atomic mass is 9.33. The molecule has 0 amide bonds.